The maximum atomic E-state index is 12.8. The number of nitrogens with zero attached hydrogens (tertiary/aromatic N) is 3. The molecule has 0 bridgehead atoms. The third kappa shape index (κ3) is 6.31. The lowest BCUT2D eigenvalue weighted by Gasteiger charge is -2.31. The van der Waals surface area contributed by atoms with Crippen LogP contribution in [-0.2, 0) is 14.8 Å². The summed E-state index contributed by atoms with van der Waals surface area (Å²) >= 11 is 1.32. The van der Waals surface area contributed by atoms with Crippen LogP contribution in [0, 0.1) is 0 Å². The number of sulfonamides is 1. The molecule has 0 spiro atoms. The molecule has 32 heavy (non-hydrogen) atoms. The smallest absolute Gasteiger partial charge is 0.244 e. The summed E-state index contributed by atoms with van der Waals surface area (Å²) in [6.07, 6.45) is 3.22. The fourth-order valence-corrected chi connectivity index (χ4v) is 5.75. The van der Waals surface area contributed by atoms with E-state index < -0.39 is 10.0 Å². The Hall–Kier alpha value is -1.94. The number of thioether (sulfide) groups is 1. The zero-order valence-electron chi connectivity index (χ0n) is 18.9. The SMILES string of the molecule is CCC[C@@H](NC(=O)[C@@H](C)Sc1ccc(S(=O)(=O)N2CCN(C)CC2)cn1)c1ccccc1. The highest BCUT2D eigenvalue weighted by atomic mass is 32.2. The lowest BCUT2D eigenvalue weighted by Crippen LogP contribution is -2.47. The number of rotatable bonds is 9. The number of likely N-dealkylation sites (N-methyl/N-ethyl adjacent to an activating group) is 1. The van der Waals surface area contributed by atoms with Crippen LogP contribution in [0.4, 0.5) is 0 Å². The Labute approximate surface area is 195 Å². The number of piperazine rings is 1. The first-order valence-electron chi connectivity index (χ1n) is 11.0. The van der Waals surface area contributed by atoms with Crippen LogP contribution in [0.15, 0.2) is 58.6 Å². The molecular formula is C23H32N4O3S2. The van der Waals surface area contributed by atoms with Crippen molar-refractivity contribution in [2.24, 2.45) is 0 Å². The summed E-state index contributed by atoms with van der Waals surface area (Å²) in [5, 5.41) is 3.41. The van der Waals surface area contributed by atoms with Crippen LogP contribution >= 0.6 is 11.8 Å². The van der Waals surface area contributed by atoms with E-state index in [1.807, 2.05) is 44.3 Å². The molecule has 0 saturated carbocycles. The van der Waals surface area contributed by atoms with Gasteiger partial charge in [0.2, 0.25) is 15.9 Å². The largest absolute Gasteiger partial charge is 0.348 e. The van der Waals surface area contributed by atoms with Gasteiger partial charge in [-0.2, -0.15) is 4.31 Å². The van der Waals surface area contributed by atoms with Gasteiger partial charge in [-0.25, -0.2) is 13.4 Å². The summed E-state index contributed by atoms with van der Waals surface area (Å²) < 4.78 is 27.2. The van der Waals surface area contributed by atoms with Crippen molar-refractivity contribution >= 4 is 27.7 Å². The van der Waals surface area contributed by atoms with Crippen molar-refractivity contribution in [1.82, 2.24) is 19.5 Å². The van der Waals surface area contributed by atoms with Crippen LogP contribution in [0.1, 0.15) is 38.3 Å². The second-order valence-electron chi connectivity index (χ2n) is 8.06. The Morgan fingerprint density at radius 2 is 1.81 bits per heavy atom. The predicted octanol–water partition coefficient (Wildman–Crippen LogP) is 3.16. The second-order valence-corrected chi connectivity index (χ2v) is 11.4. The minimum Gasteiger partial charge on any atom is -0.348 e. The summed E-state index contributed by atoms with van der Waals surface area (Å²) in [6, 6.07) is 13.2. The summed E-state index contributed by atoms with van der Waals surface area (Å²) in [5.74, 6) is -0.0618. The Morgan fingerprint density at radius 3 is 2.41 bits per heavy atom. The number of hydrogen-bond donors (Lipinski definition) is 1. The third-order valence-electron chi connectivity index (χ3n) is 5.57. The molecule has 9 heteroatoms. The first-order chi connectivity index (χ1) is 15.3. The molecule has 1 fully saturated rings. The van der Waals surface area contributed by atoms with Gasteiger partial charge < -0.3 is 10.2 Å². The van der Waals surface area contributed by atoms with E-state index in [0.717, 1.165) is 31.5 Å². The predicted molar refractivity (Wildman–Crippen MR) is 128 cm³/mol. The number of aromatic nitrogens is 1. The van der Waals surface area contributed by atoms with Crippen LogP contribution in [0.2, 0.25) is 0 Å². The van der Waals surface area contributed by atoms with E-state index in [1.165, 1.54) is 22.3 Å². The van der Waals surface area contributed by atoms with Crippen molar-refractivity contribution in [3.63, 3.8) is 0 Å². The van der Waals surface area contributed by atoms with Crippen LogP contribution in [0.5, 0.6) is 0 Å². The maximum absolute atomic E-state index is 12.8. The molecule has 1 amide bonds. The molecule has 1 aromatic carbocycles. The number of carbonyl (C=O) groups excluding carboxylic acids is 1. The van der Waals surface area contributed by atoms with Crippen molar-refractivity contribution < 1.29 is 13.2 Å². The molecule has 174 valence electrons. The van der Waals surface area contributed by atoms with E-state index in [0.29, 0.717) is 18.1 Å². The standard InChI is InChI=1S/C23H32N4O3S2/c1-4-8-21(19-9-6-5-7-10-19)25-23(28)18(2)31-22-12-11-20(17-24-22)32(29,30)27-15-13-26(3)14-16-27/h5-7,9-12,17-18,21H,4,8,13-16H2,1-3H3,(H,25,28)/t18-,21-/m1/s1. The van der Waals surface area contributed by atoms with Crippen LogP contribution in [0.25, 0.3) is 0 Å². The van der Waals surface area contributed by atoms with Crippen molar-refractivity contribution in [2.75, 3.05) is 33.2 Å². The maximum Gasteiger partial charge on any atom is 0.244 e. The van der Waals surface area contributed by atoms with Crippen molar-refractivity contribution in [3.05, 3.63) is 54.2 Å². The summed E-state index contributed by atoms with van der Waals surface area (Å²) in [4.78, 5) is 19.4. The van der Waals surface area contributed by atoms with Gasteiger partial charge in [0, 0.05) is 32.4 Å². The van der Waals surface area contributed by atoms with Gasteiger partial charge in [-0.05, 0) is 38.1 Å². The first-order valence-corrected chi connectivity index (χ1v) is 13.3. The highest BCUT2D eigenvalue weighted by Gasteiger charge is 2.28. The fourth-order valence-electron chi connectivity index (χ4n) is 3.59. The molecular weight excluding hydrogens is 444 g/mol. The number of pyridine rings is 1. The number of benzene rings is 1. The molecule has 7 nitrogen and oxygen atoms in total. The van der Waals surface area contributed by atoms with E-state index in [4.69, 9.17) is 0 Å². The molecule has 2 atom stereocenters. The minimum atomic E-state index is -3.54. The van der Waals surface area contributed by atoms with Crippen molar-refractivity contribution in [1.29, 1.82) is 0 Å². The average molecular weight is 477 g/mol. The van der Waals surface area contributed by atoms with E-state index in [-0.39, 0.29) is 22.1 Å². The molecule has 0 radical (unpaired) electrons. The van der Waals surface area contributed by atoms with E-state index in [2.05, 4.69) is 22.1 Å². The number of carbonyl (C=O) groups is 1. The molecule has 0 aliphatic carbocycles. The lowest BCUT2D eigenvalue weighted by atomic mass is 10.0. The van der Waals surface area contributed by atoms with Gasteiger partial charge in [0.15, 0.2) is 0 Å². The summed E-state index contributed by atoms with van der Waals surface area (Å²) in [6.45, 7) is 6.33. The molecule has 2 heterocycles. The molecule has 1 aliphatic heterocycles. The molecule has 3 rings (SSSR count). The Kier molecular flexibility index (Phi) is 8.70. The zero-order valence-corrected chi connectivity index (χ0v) is 20.5. The van der Waals surface area contributed by atoms with Crippen LogP contribution in [-0.4, -0.2) is 67.0 Å². The van der Waals surface area contributed by atoms with E-state index >= 15 is 0 Å². The molecule has 1 N–H and O–H groups in total. The quantitative estimate of drug-likeness (QED) is 0.560. The molecule has 0 unspecified atom stereocenters. The average Bonchev–Trinajstić information content (AvgIpc) is 2.80. The van der Waals surface area contributed by atoms with Crippen molar-refractivity contribution in [2.45, 2.75) is 47.9 Å². The van der Waals surface area contributed by atoms with Gasteiger partial charge in [-0.1, -0.05) is 55.4 Å². The van der Waals surface area contributed by atoms with Gasteiger partial charge >= 0.3 is 0 Å². The highest BCUT2D eigenvalue weighted by Crippen LogP contribution is 2.25. The molecule has 1 saturated heterocycles. The topological polar surface area (TPSA) is 82.6 Å². The number of amides is 1. The second kappa shape index (κ2) is 11.3. The van der Waals surface area contributed by atoms with Gasteiger partial charge in [-0.3, -0.25) is 4.79 Å². The van der Waals surface area contributed by atoms with E-state index in [1.54, 1.807) is 12.1 Å². The van der Waals surface area contributed by atoms with Crippen molar-refractivity contribution in [3.8, 4) is 0 Å². The Bertz CT molecular complexity index is 976. The molecule has 1 aliphatic rings. The third-order valence-corrected chi connectivity index (χ3v) is 8.50. The summed E-state index contributed by atoms with van der Waals surface area (Å²) in [7, 11) is -1.56. The zero-order chi connectivity index (χ0) is 23.1. The van der Waals surface area contributed by atoms with Gasteiger partial charge in [-0.15, -0.1) is 0 Å². The lowest BCUT2D eigenvalue weighted by molar-refractivity contribution is -0.121. The molecule has 1 aromatic heterocycles. The van der Waals surface area contributed by atoms with E-state index in [9.17, 15) is 13.2 Å². The Morgan fingerprint density at radius 1 is 1.12 bits per heavy atom. The van der Waals surface area contributed by atoms with Crippen LogP contribution < -0.4 is 5.32 Å². The first kappa shape index (κ1) is 24.7. The monoisotopic (exact) mass is 476 g/mol. The molecule has 2 aromatic rings. The normalized spacial score (nSPS) is 17.6. The van der Waals surface area contributed by atoms with Gasteiger partial charge in [0.05, 0.1) is 16.3 Å². The van der Waals surface area contributed by atoms with Gasteiger partial charge in [0.1, 0.15) is 4.90 Å². The Balaban J connectivity index is 1.61. The highest BCUT2D eigenvalue weighted by molar-refractivity contribution is 8.00. The summed E-state index contributed by atoms with van der Waals surface area (Å²) in [5.41, 5.74) is 1.09. The van der Waals surface area contributed by atoms with Crippen LogP contribution in [0.3, 0.4) is 0 Å². The number of nitrogens with one attached hydrogen (secondary N) is 1. The fraction of sp³-hybridized carbons (Fsp3) is 0.478. The van der Waals surface area contributed by atoms with Gasteiger partial charge in [0.25, 0.3) is 0 Å². The number of hydrogen-bond acceptors (Lipinski definition) is 6. The minimum absolute atomic E-state index is 0.0270.